The third kappa shape index (κ3) is 4.78. The second kappa shape index (κ2) is 9.62. The summed E-state index contributed by atoms with van der Waals surface area (Å²) < 4.78 is 0. The van der Waals surface area contributed by atoms with Gasteiger partial charge >= 0.3 is 0 Å². The molecule has 7 nitrogen and oxygen atoms in total. The van der Waals surface area contributed by atoms with Gasteiger partial charge in [0, 0.05) is 37.0 Å². The average molecular weight is 431 g/mol. The number of non-ortho nitro benzene ring substituents is 1. The van der Waals surface area contributed by atoms with E-state index in [1.54, 1.807) is 0 Å². The van der Waals surface area contributed by atoms with Crippen LogP contribution in [0.2, 0.25) is 0 Å². The van der Waals surface area contributed by atoms with E-state index in [-0.39, 0.29) is 34.9 Å². The predicted molar refractivity (Wildman–Crippen MR) is 124 cm³/mol. The summed E-state index contributed by atoms with van der Waals surface area (Å²) in [6.07, 6.45) is 1.58. The normalized spacial score (nSPS) is 14.9. The molecule has 0 spiro atoms. The summed E-state index contributed by atoms with van der Waals surface area (Å²) in [4.78, 5) is 25.7. The highest BCUT2D eigenvalue weighted by molar-refractivity contribution is 5.99. The van der Waals surface area contributed by atoms with Gasteiger partial charge in [-0.1, -0.05) is 60.7 Å². The number of hydrogen-bond donors (Lipinski definition) is 2. The van der Waals surface area contributed by atoms with Crippen LogP contribution in [0.15, 0.2) is 78.9 Å². The molecule has 1 heterocycles. The van der Waals surface area contributed by atoms with E-state index in [4.69, 9.17) is 5.73 Å². The number of nitrogens with zero attached hydrogens (tertiary/aromatic N) is 2. The molecule has 1 aliphatic heterocycles. The molecular weight excluding hydrogens is 404 g/mol. The Labute approximate surface area is 187 Å². The smallest absolute Gasteiger partial charge is 0.270 e. The molecule has 32 heavy (non-hydrogen) atoms. The summed E-state index contributed by atoms with van der Waals surface area (Å²) in [6.45, 7) is 1.65. The van der Waals surface area contributed by atoms with Crippen molar-refractivity contribution >= 4 is 17.3 Å². The first-order valence-corrected chi connectivity index (χ1v) is 10.7. The topological polar surface area (TPSA) is 101 Å². The minimum atomic E-state index is -0.526. The van der Waals surface area contributed by atoms with Gasteiger partial charge in [0.05, 0.1) is 16.5 Å². The molecule has 3 N–H and O–H groups in total. The van der Waals surface area contributed by atoms with E-state index in [1.807, 2.05) is 12.1 Å². The zero-order valence-corrected chi connectivity index (χ0v) is 17.7. The lowest BCUT2D eigenvalue weighted by Gasteiger charge is -2.38. The van der Waals surface area contributed by atoms with Crippen LogP contribution >= 0.6 is 0 Å². The molecule has 0 radical (unpaired) electrons. The fourth-order valence-electron chi connectivity index (χ4n) is 4.30. The molecule has 0 aliphatic carbocycles. The number of carbonyl (C=O) groups is 1. The number of nitrogen functional groups attached to an aromatic ring is 1. The van der Waals surface area contributed by atoms with Crippen LogP contribution in [0.5, 0.6) is 0 Å². The summed E-state index contributed by atoms with van der Waals surface area (Å²) in [5.41, 5.74) is 8.61. The number of likely N-dealkylation sites (tertiary alicyclic amines) is 1. The van der Waals surface area contributed by atoms with Crippen molar-refractivity contribution < 1.29 is 9.72 Å². The van der Waals surface area contributed by atoms with Crippen LogP contribution < -0.4 is 11.1 Å². The van der Waals surface area contributed by atoms with Crippen LogP contribution in [0.1, 0.15) is 40.4 Å². The standard InChI is InChI=1S/C25H26N4O3/c26-23-12-11-21(29(31)32)17-22(23)25(30)27-20-13-15-28(16-14-20)24(18-7-3-1-4-8-18)19-9-5-2-6-10-19/h1-12,17,20,24H,13-16,26H2,(H,27,30). The van der Waals surface area contributed by atoms with E-state index in [2.05, 4.69) is 58.7 Å². The van der Waals surface area contributed by atoms with Crippen molar-refractivity contribution in [1.29, 1.82) is 0 Å². The molecule has 3 aromatic rings. The maximum atomic E-state index is 12.7. The molecule has 0 atom stereocenters. The molecule has 0 unspecified atom stereocenters. The number of nitro groups is 1. The van der Waals surface area contributed by atoms with Crippen molar-refractivity contribution in [2.24, 2.45) is 0 Å². The maximum absolute atomic E-state index is 12.7. The first-order valence-electron chi connectivity index (χ1n) is 10.7. The molecule has 1 fully saturated rings. The number of carbonyl (C=O) groups excluding carboxylic acids is 1. The van der Waals surface area contributed by atoms with Gasteiger partial charge in [0.2, 0.25) is 0 Å². The lowest BCUT2D eigenvalue weighted by atomic mass is 9.94. The Kier molecular flexibility index (Phi) is 6.47. The molecular formula is C25H26N4O3. The summed E-state index contributed by atoms with van der Waals surface area (Å²) in [5, 5.41) is 14.1. The number of rotatable bonds is 6. The largest absolute Gasteiger partial charge is 0.398 e. The number of anilines is 1. The van der Waals surface area contributed by atoms with E-state index < -0.39 is 4.92 Å². The minimum Gasteiger partial charge on any atom is -0.398 e. The molecule has 1 amide bonds. The van der Waals surface area contributed by atoms with Gasteiger partial charge in [0.1, 0.15) is 0 Å². The van der Waals surface area contributed by atoms with Crippen LogP contribution in [0.25, 0.3) is 0 Å². The van der Waals surface area contributed by atoms with E-state index in [9.17, 15) is 14.9 Å². The molecule has 7 heteroatoms. The number of piperidine rings is 1. The molecule has 1 saturated heterocycles. The number of nitrogens with two attached hydrogens (primary N) is 1. The summed E-state index contributed by atoms with van der Waals surface area (Å²) in [7, 11) is 0. The van der Waals surface area contributed by atoms with Gasteiger partial charge in [-0.2, -0.15) is 0 Å². The van der Waals surface area contributed by atoms with Gasteiger partial charge in [-0.05, 0) is 30.0 Å². The van der Waals surface area contributed by atoms with E-state index in [0.29, 0.717) is 0 Å². The molecule has 3 aromatic carbocycles. The van der Waals surface area contributed by atoms with Crippen LogP contribution in [-0.2, 0) is 0 Å². The predicted octanol–water partition coefficient (Wildman–Crippen LogP) is 4.16. The fraction of sp³-hybridized carbons (Fsp3) is 0.240. The van der Waals surface area contributed by atoms with Crippen molar-refractivity contribution in [3.05, 3.63) is 106 Å². The molecule has 0 aromatic heterocycles. The minimum absolute atomic E-state index is 0.00962. The van der Waals surface area contributed by atoms with Crippen molar-refractivity contribution in [3.8, 4) is 0 Å². The van der Waals surface area contributed by atoms with E-state index >= 15 is 0 Å². The molecule has 0 bridgehead atoms. The van der Waals surface area contributed by atoms with Crippen molar-refractivity contribution in [2.45, 2.75) is 24.9 Å². The van der Waals surface area contributed by atoms with Gasteiger partial charge in [-0.15, -0.1) is 0 Å². The third-order valence-electron chi connectivity index (χ3n) is 5.95. The van der Waals surface area contributed by atoms with Crippen molar-refractivity contribution in [3.63, 3.8) is 0 Å². The highest BCUT2D eigenvalue weighted by Crippen LogP contribution is 2.31. The molecule has 164 valence electrons. The maximum Gasteiger partial charge on any atom is 0.270 e. The molecule has 4 rings (SSSR count). The molecule has 0 saturated carbocycles. The SMILES string of the molecule is Nc1ccc([N+](=O)[O-])cc1C(=O)NC1CCN(C(c2ccccc2)c2ccccc2)CC1. The van der Waals surface area contributed by atoms with Crippen LogP contribution in [0.4, 0.5) is 11.4 Å². The Morgan fingerprint density at radius 3 is 2.06 bits per heavy atom. The van der Waals surface area contributed by atoms with Gasteiger partial charge in [-0.3, -0.25) is 19.8 Å². The van der Waals surface area contributed by atoms with E-state index in [0.717, 1.165) is 25.9 Å². The summed E-state index contributed by atoms with van der Waals surface area (Å²) in [6, 6.07) is 25.0. The quantitative estimate of drug-likeness (QED) is 0.347. The van der Waals surface area contributed by atoms with Gasteiger partial charge in [0.15, 0.2) is 0 Å². The highest BCUT2D eigenvalue weighted by atomic mass is 16.6. The Morgan fingerprint density at radius 2 is 1.53 bits per heavy atom. The number of benzene rings is 3. The van der Waals surface area contributed by atoms with E-state index in [1.165, 1.54) is 29.3 Å². The monoisotopic (exact) mass is 430 g/mol. The second-order valence-electron chi connectivity index (χ2n) is 8.04. The van der Waals surface area contributed by atoms with Crippen LogP contribution in [-0.4, -0.2) is 34.9 Å². The number of nitrogens with one attached hydrogen (secondary N) is 1. The average Bonchev–Trinajstić information content (AvgIpc) is 2.82. The lowest BCUT2D eigenvalue weighted by molar-refractivity contribution is -0.384. The first-order chi connectivity index (χ1) is 15.5. The van der Waals surface area contributed by atoms with Crippen molar-refractivity contribution in [1.82, 2.24) is 10.2 Å². The molecule has 1 aliphatic rings. The van der Waals surface area contributed by atoms with Crippen molar-refractivity contribution in [2.75, 3.05) is 18.8 Å². The van der Waals surface area contributed by atoms with Gasteiger partial charge < -0.3 is 11.1 Å². The first kappa shape index (κ1) is 21.5. The zero-order valence-electron chi connectivity index (χ0n) is 17.7. The second-order valence-corrected chi connectivity index (χ2v) is 8.04. The van der Waals surface area contributed by atoms with Gasteiger partial charge in [-0.25, -0.2) is 0 Å². The Morgan fingerprint density at radius 1 is 0.969 bits per heavy atom. The number of hydrogen-bond acceptors (Lipinski definition) is 5. The lowest BCUT2D eigenvalue weighted by Crippen LogP contribution is -2.46. The van der Waals surface area contributed by atoms with Crippen LogP contribution in [0, 0.1) is 10.1 Å². The third-order valence-corrected chi connectivity index (χ3v) is 5.95. The fourth-order valence-corrected chi connectivity index (χ4v) is 4.30. The van der Waals surface area contributed by atoms with Crippen LogP contribution in [0.3, 0.4) is 0 Å². The van der Waals surface area contributed by atoms with Gasteiger partial charge in [0.25, 0.3) is 11.6 Å². The highest BCUT2D eigenvalue weighted by Gasteiger charge is 2.28. The Bertz CT molecular complexity index is 1040. The number of nitro benzene ring substituents is 1. The Hall–Kier alpha value is -3.71. The number of amides is 1. The summed E-state index contributed by atoms with van der Waals surface area (Å²) >= 11 is 0. The Balaban J connectivity index is 1.45. The zero-order chi connectivity index (χ0) is 22.5. The summed E-state index contributed by atoms with van der Waals surface area (Å²) in [5.74, 6) is -0.368.